The van der Waals surface area contributed by atoms with Gasteiger partial charge in [0.25, 0.3) is 0 Å². The van der Waals surface area contributed by atoms with Crippen LogP contribution in [0.3, 0.4) is 0 Å². The maximum absolute atomic E-state index is 5.70. The Hall–Kier alpha value is -1.44. The van der Waals surface area contributed by atoms with Gasteiger partial charge in [-0.15, -0.1) is 11.8 Å². The van der Waals surface area contributed by atoms with Crippen LogP contribution in [0.4, 0.5) is 0 Å². The van der Waals surface area contributed by atoms with Crippen molar-refractivity contribution in [3.8, 4) is 34.1 Å². The number of benzene rings is 2. The Morgan fingerprint density at radius 1 is 1.08 bits per heavy atom. The van der Waals surface area contributed by atoms with Gasteiger partial charge in [-0.05, 0) is 62.4 Å². The van der Waals surface area contributed by atoms with E-state index in [1.165, 1.54) is 6.39 Å². The molecule has 0 amide bonds. The molecule has 0 spiro atoms. The molecule has 3 aromatic rings. The van der Waals surface area contributed by atoms with E-state index in [4.69, 9.17) is 13.9 Å². The fourth-order valence-electron chi connectivity index (χ4n) is 2.60. The lowest BCUT2D eigenvalue weighted by Gasteiger charge is -2.12. The van der Waals surface area contributed by atoms with E-state index in [1.807, 2.05) is 36.6 Å². The smallest absolute Gasteiger partial charge is 0.182 e. The molecule has 1 heterocycles. The lowest BCUT2D eigenvalue weighted by Crippen LogP contribution is -1.93. The van der Waals surface area contributed by atoms with Crippen LogP contribution >= 0.6 is 43.6 Å². The maximum Gasteiger partial charge on any atom is 0.182 e. The minimum Gasteiger partial charge on any atom is -0.493 e. The lowest BCUT2D eigenvalue weighted by molar-refractivity contribution is 0.355. The number of methoxy groups -OCH3 is 2. The van der Waals surface area contributed by atoms with Gasteiger partial charge in [-0.1, -0.05) is 6.07 Å². The first-order valence-electron chi connectivity index (χ1n) is 7.29. The van der Waals surface area contributed by atoms with E-state index in [9.17, 15) is 0 Å². The number of hydrogen-bond acceptors (Lipinski definition) is 5. The van der Waals surface area contributed by atoms with Crippen molar-refractivity contribution in [1.29, 1.82) is 0 Å². The molecule has 130 valence electrons. The van der Waals surface area contributed by atoms with Crippen LogP contribution in [0.5, 0.6) is 11.5 Å². The number of oxazole rings is 1. The molecular weight excluding hydrogens is 470 g/mol. The second-order valence-electron chi connectivity index (χ2n) is 5.04. The molecule has 0 aliphatic carbocycles. The van der Waals surface area contributed by atoms with Crippen molar-refractivity contribution in [1.82, 2.24) is 4.98 Å². The van der Waals surface area contributed by atoms with Crippen LogP contribution in [0.2, 0.25) is 0 Å². The molecule has 0 saturated heterocycles. The highest BCUT2D eigenvalue weighted by Crippen LogP contribution is 2.43. The Morgan fingerprint density at radius 3 is 2.40 bits per heavy atom. The van der Waals surface area contributed by atoms with Gasteiger partial charge in [-0.2, -0.15) is 0 Å². The zero-order chi connectivity index (χ0) is 18.0. The van der Waals surface area contributed by atoms with Crippen molar-refractivity contribution in [2.75, 3.05) is 20.5 Å². The van der Waals surface area contributed by atoms with Gasteiger partial charge in [0.15, 0.2) is 23.7 Å². The molecule has 0 aliphatic rings. The second kappa shape index (κ2) is 7.85. The van der Waals surface area contributed by atoms with Crippen molar-refractivity contribution in [2.45, 2.75) is 4.90 Å². The Morgan fingerprint density at radius 2 is 1.80 bits per heavy atom. The molecule has 3 rings (SSSR count). The Balaban J connectivity index is 2.18. The first-order valence-corrected chi connectivity index (χ1v) is 10.1. The van der Waals surface area contributed by atoms with E-state index in [2.05, 4.69) is 36.8 Å². The van der Waals surface area contributed by atoms with Crippen LogP contribution in [0, 0.1) is 0 Å². The monoisotopic (exact) mass is 483 g/mol. The zero-order valence-electron chi connectivity index (χ0n) is 13.8. The molecule has 0 unspecified atom stereocenters. The summed E-state index contributed by atoms with van der Waals surface area (Å²) in [5.41, 5.74) is 2.46. The normalized spacial score (nSPS) is 10.8. The average molecular weight is 485 g/mol. The summed E-state index contributed by atoms with van der Waals surface area (Å²) in [6.45, 7) is 0. The van der Waals surface area contributed by atoms with Crippen LogP contribution in [-0.4, -0.2) is 25.5 Å². The minimum absolute atomic E-state index is 0.613. The molecule has 1 aromatic heterocycles. The van der Waals surface area contributed by atoms with E-state index in [0.29, 0.717) is 17.3 Å². The first kappa shape index (κ1) is 18.4. The minimum atomic E-state index is 0.613. The molecule has 7 heteroatoms. The molecule has 25 heavy (non-hydrogen) atoms. The van der Waals surface area contributed by atoms with Gasteiger partial charge in [-0.25, -0.2) is 4.98 Å². The summed E-state index contributed by atoms with van der Waals surface area (Å²) in [4.78, 5) is 5.55. The highest BCUT2D eigenvalue weighted by atomic mass is 79.9. The van der Waals surface area contributed by atoms with Crippen molar-refractivity contribution in [2.24, 2.45) is 0 Å². The van der Waals surface area contributed by atoms with Gasteiger partial charge in [0.05, 0.1) is 19.8 Å². The fourth-order valence-corrected chi connectivity index (χ4v) is 5.27. The molecule has 0 N–H and O–H groups in total. The van der Waals surface area contributed by atoms with Gasteiger partial charge in [-0.3, -0.25) is 0 Å². The van der Waals surface area contributed by atoms with Crippen LogP contribution in [0.15, 0.2) is 55.0 Å². The van der Waals surface area contributed by atoms with Crippen molar-refractivity contribution >= 4 is 43.6 Å². The number of thioether (sulfide) groups is 1. The largest absolute Gasteiger partial charge is 0.493 e. The van der Waals surface area contributed by atoms with Gasteiger partial charge in [0.1, 0.15) is 5.69 Å². The summed E-state index contributed by atoms with van der Waals surface area (Å²) >= 11 is 8.91. The summed E-state index contributed by atoms with van der Waals surface area (Å²) in [6.07, 6.45) is 3.47. The number of nitrogens with zero attached hydrogens (tertiary/aromatic N) is 1. The molecule has 0 fully saturated rings. The third-order valence-electron chi connectivity index (χ3n) is 3.69. The number of para-hydroxylation sites is 1. The van der Waals surface area contributed by atoms with Crippen molar-refractivity contribution < 1.29 is 13.9 Å². The van der Waals surface area contributed by atoms with E-state index >= 15 is 0 Å². The standard InChI is InChI=1S/C18H15Br2NO3S/c1-22-14-6-4-5-11(16(14)23-2)17-15(21-9-24-17)10-7-12(19)18(25-3)13(20)8-10/h4-9H,1-3H3. The molecule has 0 radical (unpaired) electrons. The summed E-state index contributed by atoms with van der Waals surface area (Å²) in [5, 5.41) is 0. The number of halogens is 2. The summed E-state index contributed by atoms with van der Waals surface area (Å²) < 4.78 is 18.6. The third-order valence-corrected chi connectivity index (χ3v) is 6.31. The molecule has 0 aliphatic heterocycles. The van der Waals surface area contributed by atoms with E-state index in [-0.39, 0.29) is 0 Å². The summed E-state index contributed by atoms with van der Waals surface area (Å²) in [7, 11) is 3.22. The van der Waals surface area contributed by atoms with Crippen LogP contribution in [-0.2, 0) is 0 Å². The zero-order valence-corrected chi connectivity index (χ0v) is 17.8. The van der Waals surface area contributed by atoms with Crippen LogP contribution < -0.4 is 9.47 Å². The van der Waals surface area contributed by atoms with Crippen molar-refractivity contribution in [3.63, 3.8) is 0 Å². The van der Waals surface area contributed by atoms with Crippen LogP contribution in [0.1, 0.15) is 0 Å². The van der Waals surface area contributed by atoms with E-state index in [1.54, 1.807) is 26.0 Å². The van der Waals surface area contributed by atoms with Crippen LogP contribution in [0.25, 0.3) is 22.6 Å². The highest BCUT2D eigenvalue weighted by molar-refractivity contribution is 9.11. The summed E-state index contributed by atoms with van der Waals surface area (Å²) in [6, 6.07) is 9.73. The molecule has 2 aromatic carbocycles. The topological polar surface area (TPSA) is 44.5 Å². The number of hydrogen-bond donors (Lipinski definition) is 0. The number of ether oxygens (including phenoxy) is 2. The van der Waals surface area contributed by atoms with Gasteiger partial charge in [0, 0.05) is 19.4 Å². The van der Waals surface area contributed by atoms with Gasteiger partial charge < -0.3 is 13.9 Å². The average Bonchev–Trinajstić information content (AvgIpc) is 3.10. The van der Waals surface area contributed by atoms with Gasteiger partial charge >= 0.3 is 0 Å². The molecule has 0 atom stereocenters. The lowest BCUT2D eigenvalue weighted by atomic mass is 10.0. The van der Waals surface area contributed by atoms with Gasteiger partial charge in [0.2, 0.25) is 0 Å². The SMILES string of the molecule is COc1cccc(-c2ocnc2-c2cc(Br)c(SC)c(Br)c2)c1OC. The Labute approximate surface area is 167 Å². The maximum atomic E-state index is 5.70. The third kappa shape index (κ3) is 3.45. The summed E-state index contributed by atoms with van der Waals surface area (Å²) in [5.74, 6) is 1.88. The predicted octanol–water partition coefficient (Wildman–Crippen LogP) is 6.27. The fraction of sp³-hybridized carbons (Fsp3) is 0.167. The molecule has 0 saturated carbocycles. The molecule has 4 nitrogen and oxygen atoms in total. The first-order chi connectivity index (χ1) is 12.1. The quantitative estimate of drug-likeness (QED) is 0.399. The second-order valence-corrected chi connectivity index (χ2v) is 7.57. The number of rotatable bonds is 5. The molecular formula is C18H15Br2NO3S. The number of aromatic nitrogens is 1. The van der Waals surface area contributed by atoms with E-state index < -0.39 is 0 Å². The highest BCUT2D eigenvalue weighted by Gasteiger charge is 2.20. The Bertz CT molecular complexity index is 888. The molecule has 0 bridgehead atoms. The van der Waals surface area contributed by atoms with E-state index in [0.717, 1.165) is 30.7 Å². The Kier molecular flexibility index (Phi) is 5.76. The predicted molar refractivity (Wildman–Crippen MR) is 108 cm³/mol. The van der Waals surface area contributed by atoms with Crippen molar-refractivity contribution in [3.05, 3.63) is 45.7 Å².